The summed E-state index contributed by atoms with van der Waals surface area (Å²) in [5.41, 5.74) is 2.01. The van der Waals surface area contributed by atoms with Crippen LogP contribution in [0.1, 0.15) is 47.2 Å². The van der Waals surface area contributed by atoms with E-state index in [0.29, 0.717) is 30.6 Å². The van der Waals surface area contributed by atoms with Crippen molar-refractivity contribution in [3.63, 3.8) is 0 Å². The van der Waals surface area contributed by atoms with E-state index in [4.69, 9.17) is 14.6 Å². The van der Waals surface area contributed by atoms with E-state index in [1.807, 2.05) is 0 Å². The number of carbonyl (C=O) groups is 2. The van der Waals surface area contributed by atoms with Gasteiger partial charge in [0.1, 0.15) is 5.75 Å². The zero-order valence-corrected chi connectivity index (χ0v) is 14.3. The van der Waals surface area contributed by atoms with Gasteiger partial charge in [0.25, 0.3) is 5.91 Å². The monoisotopic (exact) mass is 335 g/mol. The van der Waals surface area contributed by atoms with Crippen molar-refractivity contribution in [2.45, 2.75) is 45.6 Å². The number of carbonyl (C=O) groups excluding carboxylic acids is 1. The third kappa shape index (κ3) is 5.23. The Morgan fingerprint density at radius 2 is 1.83 bits per heavy atom. The Hall–Kier alpha value is -2.08. The molecular formula is C18H25NO5. The first-order valence-corrected chi connectivity index (χ1v) is 8.33. The maximum absolute atomic E-state index is 12.2. The predicted octanol–water partition coefficient (Wildman–Crippen LogP) is 2.46. The summed E-state index contributed by atoms with van der Waals surface area (Å²) in [5.74, 6) is -0.683. The third-order valence-electron chi connectivity index (χ3n) is 4.11. The highest BCUT2D eigenvalue weighted by Gasteiger charge is 2.15. The molecule has 1 amide bonds. The second kappa shape index (κ2) is 8.68. The molecule has 0 heterocycles. The maximum atomic E-state index is 12.2. The van der Waals surface area contributed by atoms with Gasteiger partial charge in [-0.15, -0.1) is 0 Å². The summed E-state index contributed by atoms with van der Waals surface area (Å²) in [7, 11) is 0. The van der Waals surface area contributed by atoms with Crippen LogP contribution in [-0.4, -0.2) is 42.8 Å². The molecule has 0 spiro atoms. The fourth-order valence-corrected chi connectivity index (χ4v) is 2.99. The van der Waals surface area contributed by atoms with Crippen LogP contribution in [0.4, 0.5) is 0 Å². The molecule has 6 nitrogen and oxygen atoms in total. The van der Waals surface area contributed by atoms with E-state index in [1.165, 1.54) is 12.8 Å². The molecule has 0 unspecified atom stereocenters. The third-order valence-corrected chi connectivity index (χ3v) is 4.11. The fraction of sp³-hybridized carbons (Fsp3) is 0.556. The first-order valence-electron chi connectivity index (χ1n) is 8.33. The molecule has 6 heteroatoms. The van der Waals surface area contributed by atoms with Gasteiger partial charge in [0.2, 0.25) is 0 Å². The molecule has 0 aliphatic heterocycles. The van der Waals surface area contributed by atoms with Gasteiger partial charge in [0.05, 0.1) is 12.7 Å². The van der Waals surface area contributed by atoms with Crippen LogP contribution >= 0.6 is 0 Å². The Morgan fingerprint density at radius 3 is 2.42 bits per heavy atom. The van der Waals surface area contributed by atoms with Crippen molar-refractivity contribution in [1.82, 2.24) is 5.32 Å². The van der Waals surface area contributed by atoms with E-state index in [0.717, 1.165) is 24.0 Å². The minimum atomic E-state index is -1.03. The van der Waals surface area contributed by atoms with Crippen LogP contribution in [0.5, 0.6) is 5.75 Å². The van der Waals surface area contributed by atoms with Crippen LogP contribution in [0.25, 0.3) is 0 Å². The SMILES string of the molecule is Cc1cc(C(=O)NCCOC2CCCC2)cc(C)c1OCC(=O)O. The number of benzene rings is 1. The van der Waals surface area contributed by atoms with E-state index in [1.54, 1.807) is 26.0 Å². The van der Waals surface area contributed by atoms with Crippen molar-refractivity contribution in [3.8, 4) is 5.75 Å². The first kappa shape index (κ1) is 18.3. The zero-order chi connectivity index (χ0) is 17.5. The van der Waals surface area contributed by atoms with Gasteiger partial charge in [-0.25, -0.2) is 4.79 Å². The molecule has 1 aromatic carbocycles. The van der Waals surface area contributed by atoms with Crippen molar-refractivity contribution < 1.29 is 24.2 Å². The topological polar surface area (TPSA) is 84.9 Å². The average Bonchev–Trinajstić information content (AvgIpc) is 3.03. The van der Waals surface area contributed by atoms with Gasteiger partial charge in [-0.2, -0.15) is 0 Å². The second-order valence-corrected chi connectivity index (χ2v) is 6.15. The Bertz CT molecular complexity index is 570. The normalized spacial score (nSPS) is 14.6. The van der Waals surface area contributed by atoms with Gasteiger partial charge in [-0.1, -0.05) is 12.8 Å². The molecule has 1 saturated carbocycles. The number of carboxylic acid groups (broad SMARTS) is 1. The van der Waals surface area contributed by atoms with E-state index < -0.39 is 12.6 Å². The molecule has 0 atom stereocenters. The quantitative estimate of drug-likeness (QED) is 0.713. The van der Waals surface area contributed by atoms with Crippen LogP contribution < -0.4 is 10.1 Å². The van der Waals surface area contributed by atoms with Crippen LogP contribution in [-0.2, 0) is 9.53 Å². The summed E-state index contributed by atoms with van der Waals surface area (Å²) in [5, 5.41) is 11.5. The molecule has 2 N–H and O–H groups in total. The van der Waals surface area contributed by atoms with E-state index >= 15 is 0 Å². The molecule has 1 fully saturated rings. The lowest BCUT2D eigenvalue weighted by Gasteiger charge is -2.14. The predicted molar refractivity (Wildman–Crippen MR) is 89.6 cm³/mol. The molecule has 0 aromatic heterocycles. The second-order valence-electron chi connectivity index (χ2n) is 6.15. The molecule has 132 valence electrons. The van der Waals surface area contributed by atoms with Gasteiger partial charge in [-0.05, 0) is 49.9 Å². The van der Waals surface area contributed by atoms with Crippen molar-refractivity contribution in [1.29, 1.82) is 0 Å². The number of amides is 1. The zero-order valence-electron chi connectivity index (χ0n) is 14.3. The maximum Gasteiger partial charge on any atom is 0.341 e. The summed E-state index contributed by atoms with van der Waals surface area (Å²) in [4.78, 5) is 22.8. The van der Waals surface area contributed by atoms with Crippen molar-refractivity contribution in [2.75, 3.05) is 19.8 Å². The molecular weight excluding hydrogens is 310 g/mol. The average molecular weight is 335 g/mol. The van der Waals surface area contributed by atoms with E-state index in [2.05, 4.69) is 5.32 Å². The van der Waals surface area contributed by atoms with E-state index in [9.17, 15) is 9.59 Å². The molecule has 0 bridgehead atoms. The Labute approximate surface area is 142 Å². The first-order chi connectivity index (χ1) is 11.5. The van der Waals surface area contributed by atoms with Gasteiger partial charge in [-0.3, -0.25) is 4.79 Å². The Morgan fingerprint density at radius 1 is 1.21 bits per heavy atom. The van der Waals surface area contributed by atoms with Crippen LogP contribution in [0.3, 0.4) is 0 Å². The highest BCUT2D eigenvalue weighted by molar-refractivity contribution is 5.94. The molecule has 2 rings (SSSR count). The molecule has 24 heavy (non-hydrogen) atoms. The lowest BCUT2D eigenvalue weighted by Crippen LogP contribution is -2.28. The number of hydrogen-bond donors (Lipinski definition) is 2. The van der Waals surface area contributed by atoms with Crippen molar-refractivity contribution in [2.24, 2.45) is 0 Å². The number of aliphatic carboxylic acids is 1. The molecule has 1 aliphatic carbocycles. The summed E-state index contributed by atoms with van der Waals surface area (Å²) in [6.07, 6.45) is 5.03. The standard InChI is InChI=1S/C18H25NO5/c1-12-9-14(10-13(2)17(12)24-11-16(20)21)18(22)19-7-8-23-15-5-3-4-6-15/h9-10,15H,3-8,11H2,1-2H3,(H,19,22)(H,20,21). The van der Waals surface area contributed by atoms with Gasteiger partial charge >= 0.3 is 5.97 Å². The van der Waals surface area contributed by atoms with Gasteiger partial charge < -0.3 is 19.9 Å². The van der Waals surface area contributed by atoms with Gasteiger partial charge in [0, 0.05) is 12.1 Å². The summed E-state index contributed by atoms with van der Waals surface area (Å²) < 4.78 is 11.0. The summed E-state index contributed by atoms with van der Waals surface area (Å²) in [6, 6.07) is 3.41. The number of hydrogen-bond acceptors (Lipinski definition) is 4. The Kier molecular flexibility index (Phi) is 6.61. The van der Waals surface area contributed by atoms with Crippen LogP contribution in [0.15, 0.2) is 12.1 Å². The fourth-order valence-electron chi connectivity index (χ4n) is 2.99. The van der Waals surface area contributed by atoms with Crippen molar-refractivity contribution >= 4 is 11.9 Å². The summed E-state index contributed by atoms with van der Waals surface area (Å²) in [6.45, 7) is 4.19. The highest BCUT2D eigenvalue weighted by Crippen LogP contribution is 2.25. The lowest BCUT2D eigenvalue weighted by atomic mass is 10.1. The van der Waals surface area contributed by atoms with Crippen molar-refractivity contribution in [3.05, 3.63) is 28.8 Å². The molecule has 0 radical (unpaired) electrons. The number of nitrogens with one attached hydrogen (secondary N) is 1. The Balaban J connectivity index is 1.85. The minimum Gasteiger partial charge on any atom is -0.481 e. The number of rotatable bonds is 8. The molecule has 1 aromatic rings. The number of carboxylic acids is 1. The van der Waals surface area contributed by atoms with Crippen LogP contribution in [0.2, 0.25) is 0 Å². The smallest absolute Gasteiger partial charge is 0.341 e. The number of ether oxygens (including phenoxy) is 2. The molecule has 1 aliphatic rings. The van der Waals surface area contributed by atoms with Crippen LogP contribution in [0, 0.1) is 13.8 Å². The minimum absolute atomic E-state index is 0.166. The number of aryl methyl sites for hydroxylation is 2. The summed E-state index contributed by atoms with van der Waals surface area (Å²) >= 11 is 0. The lowest BCUT2D eigenvalue weighted by molar-refractivity contribution is -0.139. The molecule has 0 saturated heterocycles. The highest BCUT2D eigenvalue weighted by atomic mass is 16.5. The largest absolute Gasteiger partial charge is 0.481 e. The van der Waals surface area contributed by atoms with E-state index in [-0.39, 0.29) is 5.91 Å². The van der Waals surface area contributed by atoms with Gasteiger partial charge in [0.15, 0.2) is 6.61 Å².